The molecule has 4 aromatic heterocycles. The average Bonchev–Trinajstić information content (AvgIpc) is 3.37. The van der Waals surface area contributed by atoms with Crippen molar-refractivity contribution in [1.29, 1.82) is 0 Å². The molecule has 0 bridgehead atoms. The lowest BCUT2D eigenvalue weighted by atomic mass is 10.3. The zero-order chi connectivity index (χ0) is 19.1. The van der Waals surface area contributed by atoms with E-state index in [0.717, 1.165) is 73.4 Å². The minimum Gasteiger partial charge on any atom is -0.351 e. The van der Waals surface area contributed by atoms with Crippen molar-refractivity contribution >= 4 is 28.4 Å². The maximum atomic E-state index is 4.58. The molecule has 4 aromatic rings. The molecule has 1 aliphatic heterocycles. The van der Waals surface area contributed by atoms with Gasteiger partial charge in [-0.2, -0.15) is 0 Å². The molecule has 0 atom stereocenters. The van der Waals surface area contributed by atoms with Gasteiger partial charge in [0, 0.05) is 51.5 Å². The normalized spacial score (nSPS) is 15.1. The minimum atomic E-state index is 0.818. The highest BCUT2D eigenvalue weighted by molar-refractivity contribution is 5.83. The number of hydrogen-bond donors (Lipinski definition) is 0. The van der Waals surface area contributed by atoms with Crippen molar-refractivity contribution in [1.82, 2.24) is 39.1 Å². The third-order valence-corrected chi connectivity index (χ3v) is 5.30. The fraction of sp³-hybridized carbons (Fsp3) is 0.444. The summed E-state index contributed by atoms with van der Waals surface area (Å²) in [6, 6.07) is 0. The van der Waals surface area contributed by atoms with Crippen LogP contribution in [0.1, 0.15) is 19.7 Å². The Kier molecular flexibility index (Phi) is 4.03. The molecule has 0 aliphatic carbocycles. The lowest BCUT2D eigenvalue weighted by molar-refractivity contribution is 0.642. The largest absolute Gasteiger partial charge is 0.351 e. The first-order valence-corrected chi connectivity index (χ1v) is 9.64. The van der Waals surface area contributed by atoms with Crippen molar-refractivity contribution < 1.29 is 0 Å². The van der Waals surface area contributed by atoms with Crippen LogP contribution in [0.25, 0.3) is 16.8 Å². The number of rotatable bonds is 4. The van der Waals surface area contributed by atoms with Gasteiger partial charge < -0.3 is 14.4 Å². The van der Waals surface area contributed by atoms with Gasteiger partial charge in [-0.05, 0) is 6.92 Å². The number of aromatic nitrogens is 8. The van der Waals surface area contributed by atoms with Crippen LogP contribution < -0.4 is 9.80 Å². The number of nitrogens with zero attached hydrogens (tertiary/aromatic N) is 10. The van der Waals surface area contributed by atoms with E-state index in [0.29, 0.717) is 0 Å². The summed E-state index contributed by atoms with van der Waals surface area (Å²) in [5.41, 5.74) is 2.57. The summed E-state index contributed by atoms with van der Waals surface area (Å²) in [6.07, 6.45) is 8.05. The van der Waals surface area contributed by atoms with Gasteiger partial charge in [0.2, 0.25) is 5.65 Å². The maximum absolute atomic E-state index is 4.58. The van der Waals surface area contributed by atoms with Gasteiger partial charge in [0.15, 0.2) is 22.8 Å². The fourth-order valence-electron chi connectivity index (χ4n) is 3.79. The van der Waals surface area contributed by atoms with Crippen LogP contribution >= 0.6 is 0 Å². The summed E-state index contributed by atoms with van der Waals surface area (Å²) in [7, 11) is 0. The Bertz CT molecular complexity index is 1030. The molecule has 0 aromatic carbocycles. The second-order valence-corrected chi connectivity index (χ2v) is 6.79. The van der Waals surface area contributed by atoms with Gasteiger partial charge in [-0.25, -0.2) is 19.9 Å². The molecule has 0 radical (unpaired) electrons. The molecule has 1 aliphatic rings. The van der Waals surface area contributed by atoms with E-state index in [1.165, 1.54) is 0 Å². The SMILES string of the molecule is CCc1nnc2c(N3CCN(c4ncnc5c4ncn5CC)CC3)nccn12. The zero-order valence-corrected chi connectivity index (χ0v) is 16.0. The first-order chi connectivity index (χ1) is 13.8. The van der Waals surface area contributed by atoms with Gasteiger partial charge in [-0.15, -0.1) is 10.2 Å². The van der Waals surface area contributed by atoms with Gasteiger partial charge in [-0.1, -0.05) is 6.92 Å². The van der Waals surface area contributed by atoms with Gasteiger partial charge in [0.25, 0.3) is 0 Å². The molecule has 0 amide bonds. The predicted molar refractivity (Wildman–Crippen MR) is 106 cm³/mol. The predicted octanol–water partition coefficient (Wildman–Crippen LogP) is 1.17. The number of piperazine rings is 1. The Hall–Kier alpha value is -3.30. The van der Waals surface area contributed by atoms with E-state index in [1.807, 2.05) is 27.7 Å². The number of anilines is 2. The van der Waals surface area contributed by atoms with Crippen LogP contribution in [0.4, 0.5) is 11.6 Å². The Morgan fingerprint density at radius 1 is 0.857 bits per heavy atom. The number of imidazole rings is 1. The fourth-order valence-corrected chi connectivity index (χ4v) is 3.79. The second kappa shape index (κ2) is 6.70. The van der Waals surface area contributed by atoms with Crippen LogP contribution in [-0.4, -0.2) is 65.3 Å². The number of aryl methyl sites for hydroxylation is 2. The quantitative estimate of drug-likeness (QED) is 0.522. The molecule has 28 heavy (non-hydrogen) atoms. The average molecular weight is 378 g/mol. The molecule has 144 valence electrons. The van der Waals surface area contributed by atoms with Crippen molar-refractivity contribution in [2.75, 3.05) is 36.0 Å². The van der Waals surface area contributed by atoms with E-state index in [2.05, 4.69) is 53.8 Å². The maximum Gasteiger partial charge on any atom is 0.203 e. The van der Waals surface area contributed by atoms with Crippen molar-refractivity contribution in [3.63, 3.8) is 0 Å². The van der Waals surface area contributed by atoms with Gasteiger partial charge in [0.05, 0.1) is 6.33 Å². The van der Waals surface area contributed by atoms with Crippen LogP contribution in [0.15, 0.2) is 25.0 Å². The van der Waals surface area contributed by atoms with Crippen molar-refractivity contribution in [3.05, 3.63) is 30.9 Å². The zero-order valence-electron chi connectivity index (χ0n) is 16.0. The highest BCUT2D eigenvalue weighted by Crippen LogP contribution is 2.25. The topological polar surface area (TPSA) is 93.2 Å². The molecule has 5 heterocycles. The Balaban J connectivity index is 1.40. The molecule has 0 saturated carbocycles. The molecular weight excluding hydrogens is 356 g/mol. The van der Waals surface area contributed by atoms with E-state index >= 15 is 0 Å². The molecule has 10 heteroatoms. The molecule has 1 saturated heterocycles. The van der Waals surface area contributed by atoms with E-state index < -0.39 is 0 Å². The monoisotopic (exact) mass is 378 g/mol. The molecule has 0 unspecified atom stereocenters. The standard InChI is InChI=1S/C18H22N10/c1-3-13-23-24-18-17(19-5-6-28(13)18)27-9-7-26(8-10-27)16-14-15(20-11-21-16)25(4-2)12-22-14/h5-6,11-12H,3-4,7-10H2,1-2H3. The number of hydrogen-bond acceptors (Lipinski definition) is 8. The van der Waals surface area contributed by atoms with Gasteiger partial charge >= 0.3 is 0 Å². The summed E-state index contributed by atoms with van der Waals surface area (Å²) >= 11 is 0. The van der Waals surface area contributed by atoms with Crippen LogP contribution in [0.2, 0.25) is 0 Å². The summed E-state index contributed by atoms with van der Waals surface area (Å²) in [4.78, 5) is 22.6. The Labute approximate surface area is 161 Å². The van der Waals surface area contributed by atoms with Crippen LogP contribution in [0.5, 0.6) is 0 Å². The highest BCUT2D eigenvalue weighted by Gasteiger charge is 2.24. The summed E-state index contributed by atoms with van der Waals surface area (Å²) in [6.45, 7) is 8.35. The Morgan fingerprint density at radius 3 is 2.39 bits per heavy atom. The van der Waals surface area contributed by atoms with E-state index in [-0.39, 0.29) is 0 Å². The Morgan fingerprint density at radius 2 is 1.64 bits per heavy atom. The van der Waals surface area contributed by atoms with E-state index in [9.17, 15) is 0 Å². The van der Waals surface area contributed by atoms with Crippen LogP contribution in [-0.2, 0) is 13.0 Å². The van der Waals surface area contributed by atoms with E-state index in [4.69, 9.17) is 0 Å². The van der Waals surface area contributed by atoms with Gasteiger partial charge in [-0.3, -0.25) is 4.40 Å². The summed E-state index contributed by atoms with van der Waals surface area (Å²) in [5, 5.41) is 8.64. The molecule has 10 nitrogen and oxygen atoms in total. The van der Waals surface area contributed by atoms with Crippen molar-refractivity contribution in [2.45, 2.75) is 26.8 Å². The highest BCUT2D eigenvalue weighted by atomic mass is 15.3. The molecular formula is C18H22N10. The van der Waals surface area contributed by atoms with E-state index in [1.54, 1.807) is 6.33 Å². The van der Waals surface area contributed by atoms with Crippen molar-refractivity contribution in [2.24, 2.45) is 0 Å². The van der Waals surface area contributed by atoms with Gasteiger partial charge in [0.1, 0.15) is 12.2 Å². The lowest BCUT2D eigenvalue weighted by Crippen LogP contribution is -2.47. The molecule has 0 spiro atoms. The summed E-state index contributed by atoms with van der Waals surface area (Å²) < 4.78 is 4.07. The third kappa shape index (κ3) is 2.55. The first-order valence-electron chi connectivity index (χ1n) is 9.64. The minimum absolute atomic E-state index is 0.818. The van der Waals surface area contributed by atoms with Crippen LogP contribution in [0.3, 0.4) is 0 Å². The molecule has 5 rings (SSSR count). The lowest BCUT2D eigenvalue weighted by Gasteiger charge is -2.35. The molecule has 0 N–H and O–H groups in total. The third-order valence-electron chi connectivity index (χ3n) is 5.30. The van der Waals surface area contributed by atoms with Crippen molar-refractivity contribution in [3.8, 4) is 0 Å². The second-order valence-electron chi connectivity index (χ2n) is 6.79. The first kappa shape index (κ1) is 16.8. The summed E-state index contributed by atoms with van der Waals surface area (Å²) in [5.74, 6) is 2.74. The smallest absolute Gasteiger partial charge is 0.203 e. The van der Waals surface area contributed by atoms with Crippen LogP contribution in [0, 0.1) is 0 Å². The number of fused-ring (bicyclic) bond motifs is 2. The molecule has 1 fully saturated rings.